The minimum absolute atomic E-state index is 0.184. The summed E-state index contributed by atoms with van der Waals surface area (Å²) in [5, 5.41) is 26.1. The smallest absolute Gasteiger partial charge is 0.339 e. The zero-order valence-electron chi connectivity index (χ0n) is 9.66. The maximum atomic E-state index is 10.9. The molecule has 7 nitrogen and oxygen atoms in total. The van der Waals surface area contributed by atoms with Gasteiger partial charge in [0, 0.05) is 6.54 Å². The molecule has 4 N–H and O–H groups in total. The summed E-state index contributed by atoms with van der Waals surface area (Å²) in [5.74, 6) is -1.49. The standard InChI is InChI=1S/C11H12N4O3/c1-6-9(5-12)13-14-15(6)7-2-3-10(16)8(4-7)11(17)18/h2-4,16H,5,12H2,1H3,(H,17,18). The van der Waals surface area contributed by atoms with Gasteiger partial charge in [-0.3, -0.25) is 0 Å². The SMILES string of the molecule is Cc1c(CN)nnn1-c1ccc(O)c(C(=O)O)c1. The summed E-state index contributed by atoms with van der Waals surface area (Å²) >= 11 is 0. The number of aromatic nitrogens is 3. The Kier molecular flexibility index (Phi) is 2.99. The quantitative estimate of drug-likeness (QED) is 0.726. The predicted molar refractivity (Wildman–Crippen MR) is 62.6 cm³/mol. The van der Waals surface area contributed by atoms with E-state index in [1.165, 1.54) is 16.8 Å². The molecule has 0 unspecified atom stereocenters. The van der Waals surface area contributed by atoms with Crippen LogP contribution >= 0.6 is 0 Å². The van der Waals surface area contributed by atoms with Gasteiger partial charge in [0.25, 0.3) is 0 Å². The number of nitrogens with zero attached hydrogens (tertiary/aromatic N) is 3. The fourth-order valence-electron chi connectivity index (χ4n) is 1.62. The largest absolute Gasteiger partial charge is 0.507 e. The number of benzene rings is 1. The van der Waals surface area contributed by atoms with E-state index in [-0.39, 0.29) is 17.9 Å². The summed E-state index contributed by atoms with van der Waals surface area (Å²) in [6.45, 7) is 2.05. The highest BCUT2D eigenvalue weighted by Gasteiger charge is 2.14. The van der Waals surface area contributed by atoms with Gasteiger partial charge in [-0.25, -0.2) is 9.48 Å². The van der Waals surface area contributed by atoms with E-state index in [2.05, 4.69) is 10.3 Å². The van der Waals surface area contributed by atoms with Gasteiger partial charge in [-0.05, 0) is 25.1 Å². The Balaban J connectivity index is 2.54. The van der Waals surface area contributed by atoms with Crippen molar-refractivity contribution < 1.29 is 15.0 Å². The molecular formula is C11H12N4O3. The number of carboxylic acids is 1. The van der Waals surface area contributed by atoms with Crippen molar-refractivity contribution in [2.24, 2.45) is 5.73 Å². The van der Waals surface area contributed by atoms with Crippen LogP contribution in [0.2, 0.25) is 0 Å². The van der Waals surface area contributed by atoms with Gasteiger partial charge < -0.3 is 15.9 Å². The van der Waals surface area contributed by atoms with E-state index in [0.29, 0.717) is 11.4 Å². The molecule has 0 fully saturated rings. The third-order valence-electron chi connectivity index (χ3n) is 2.64. The lowest BCUT2D eigenvalue weighted by Gasteiger charge is -2.06. The molecule has 1 heterocycles. The van der Waals surface area contributed by atoms with E-state index in [1.807, 2.05) is 0 Å². The van der Waals surface area contributed by atoms with Crippen LogP contribution in [0.1, 0.15) is 21.7 Å². The molecule has 0 radical (unpaired) electrons. The molecule has 2 rings (SSSR count). The fraction of sp³-hybridized carbons (Fsp3) is 0.182. The molecule has 0 aliphatic carbocycles. The van der Waals surface area contributed by atoms with Crippen LogP contribution < -0.4 is 5.73 Å². The molecule has 0 bridgehead atoms. The molecule has 2 aromatic rings. The maximum Gasteiger partial charge on any atom is 0.339 e. The van der Waals surface area contributed by atoms with Crippen LogP contribution in [0.15, 0.2) is 18.2 Å². The first-order valence-corrected chi connectivity index (χ1v) is 5.22. The van der Waals surface area contributed by atoms with E-state index < -0.39 is 5.97 Å². The molecular weight excluding hydrogens is 236 g/mol. The molecule has 0 spiro atoms. The van der Waals surface area contributed by atoms with Gasteiger partial charge in [-0.15, -0.1) is 5.10 Å². The number of hydrogen-bond donors (Lipinski definition) is 3. The third kappa shape index (κ3) is 1.91. The molecule has 0 amide bonds. The molecule has 0 aliphatic heterocycles. The Bertz CT molecular complexity index is 606. The van der Waals surface area contributed by atoms with Gasteiger partial charge in [-0.1, -0.05) is 5.21 Å². The van der Waals surface area contributed by atoms with E-state index in [9.17, 15) is 9.90 Å². The lowest BCUT2D eigenvalue weighted by molar-refractivity contribution is 0.0693. The Hall–Kier alpha value is -2.41. The average molecular weight is 248 g/mol. The summed E-state index contributed by atoms with van der Waals surface area (Å²) in [6.07, 6.45) is 0. The number of hydrogen-bond acceptors (Lipinski definition) is 5. The summed E-state index contributed by atoms with van der Waals surface area (Å²) in [4.78, 5) is 10.9. The Labute approximate surface area is 102 Å². The summed E-state index contributed by atoms with van der Waals surface area (Å²) < 4.78 is 1.48. The summed E-state index contributed by atoms with van der Waals surface area (Å²) in [7, 11) is 0. The first-order valence-electron chi connectivity index (χ1n) is 5.22. The normalized spacial score (nSPS) is 10.6. The van der Waals surface area contributed by atoms with E-state index in [1.54, 1.807) is 13.0 Å². The number of carboxylic acid groups (broad SMARTS) is 1. The number of aromatic hydroxyl groups is 1. The molecule has 0 aliphatic rings. The number of rotatable bonds is 3. The second kappa shape index (κ2) is 4.46. The van der Waals surface area contributed by atoms with Gasteiger partial charge in [-0.2, -0.15) is 0 Å². The van der Waals surface area contributed by atoms with E-state index in [0.717, 1.165) is 5.69 Å². The zero-order chi connectivity index (χ0) is 13.3. The van der Waals surface area contributed by atoms with Gasteiger partial charge >= 0.3 is 5.97 Å². The number of nitrogens with two attached hydrogens (primary N) is 1. The second-order valence-corrected chi connectivity index (χ2v) is 3.74. The molecule has 7 heteroatoms. The van der Waals surface area contributed by atoms with Gasteiger partial charge in [0.15, 0.2) is 0 Å². The fourth-order valence-corrected chi connectivity index (χ4v) is 1.62. The Morgan fingerprint density at radius 1 is 1.50 bits per heavy atom. The highest BCUT2D eigenvalue weighted by molar-refractivity contribution is 5.91. The van der Waals surface area contributed by atoms with E-state index >= 15 is 0 Å². The Morgan fingerprint density at radius 2 is 2.22 bits per heavy atom. The number of carbonyl (C=O) groups is 1. The number of aromatic carboxylic acids is 1. The highest BCUT2D eigenvalue weighted by Crippen LogP contribution is 2.21. The van der Waals surface area contributed by atoms with Crippen LogP contribution in [0.25, 0.3) is 5.69 Å². The minimum Gasteiger partial charge on any atom is -0.507 e. The molecule has 1 aromatic heterocycles. The molecule has 0 atom stereocenters. The van der Waals surface area contributed by atoms with Crippen molar-refractivity contribution in [1.29, 1.82) is 0 Å². The summed E-state index contributed by atoms with van der Waals surface area (Å²) in [5.41, 5.74) is 7.19. The molecule has 0 saturated carbocycles. The van der Waals surface area contributed by atoms with Crippen molar-refractivity contribution in [2.75, 3.05) is 0 Å². The number of phenols is 1. The van der Waals surface area contributed by atoms with E-state index in [4.69, 9.17) is 10.8 Å². The predicted octanol–water partition coefficient (Wildman–Crippen LogP) is 0.438. The molecule has 1 aromatic carbocycles. The van der Waals surface area contributed by atoms with Crippen LogP contribution in [0.4, 0.5) is 0 Å². The van der Waals surface area contributed by atoms with Crippen molar-refractivity contribution in [3.8, 4) is 11.4 Å². The summed E-state index contributed by atoms with van der Waals surface area (Å²) in [6, 6.07) is 4.20. The second-order valence-electron chi connectivity index (χ2n) is 3.74. The maximum absolute atomic E-state index is 10.9. The minimum atomic E-state index is -1.20. The molecule has 94 valence electrons. The lowest BCUT2D eigenvalue weighted by atomic mass is 10.1. The van der Waals surface area contributed by atoms with Gasteiger partial charge in [0.1, 0.15) is 11.3 Å². The highest BCUT2D eigenvalue weighted by atomic mass is 16.4. The van der Waals surface area contributed by atoms with Crippen LogP contribution in [-0.2, 0) is 6.54 Å². The van der Waals surface area contributed by atoms with Gasteiger partial charge in [0.2, 0.25) is 0 Å². The van der Waals surface area contributed by atoms with Crippen molar-refractivity contribution in [1.82, 2.24) is 15.0 Å². The first kappa shape index (κ1) is 12.1. The monoisotopic (exact) mass is 248 g/mol. The van der Waals surface area contributed by atoms with Crippen molar-refractivity contribution in [3.63, 3.8) is 0 Å². The third-order valence-corrected chi connectivity index (χ3v) is 2.64. The van der Waals surface area contributed by atoms with Gasteiger partial charge in [0.05, 0.1) is 17.1 Å². The topological polar surface area (TPSA) is 114 Å². The molecule has 0 saturated heterocycles. The average Bonchev–Trinajstić information content (AvgIpc) is 2.71. The van der Waals surface area contributed by atoms with Crippen LogP contribution in [0.3, 0.4) is 0 Å². The Morgan fingerprint density at radius 3 is 2.78 bits per heavy atom. The van der Waals surface area contributed by atoms with Crippen molar-refractivity contribution >= 4 is 5.97 Å². The van der Waals surface area contributed by atoms with Crippen LogP contribution in [0.5, 0.6) is 5.75 Å². The zero-order valence-corrected chi connectivity index (χ0v) is 9.66. The lowest BCUT2D eigenvalue weighted by Crippen LogP contribution is -2.04. The van der Waals surface area contributed by atoms with Crippen LogP contribution in [0, 0.1) is 6.92 Å². The van der Waals surface area contributed by atoms with Crippen LogP contribution in [-0.4, -0.2) is 31.2 Å². The van der Waals surface area contributed by atoms with Crippen molar-refractivity contribution in [3.05, 3.63) is 35.2 Å². The van der Waals surface area contributed by atoms with Crippen molar-refractivity contribution in [2.45, 2.75) is 13.5 Å². The molecule has 18 heavy (non-hydrogen) atoms. The first-order chi connectivity index (χ1) is 8.54.